The molecule has 0 aliphatic heterocycles. The average Bonchev–Trinajstić information content (AvgIpc) is 2.95. The largest absolute Gasteiger partial charge is 0.480 e. The molecule has 1 amide bonds. The van der Waals surface area contributed by atoms with Crippen molar-refractivity contribution in [3.8, 4) is 0 Å². The maximum absolute atomic E-state index is 12.7. The summed E-state index contributed by atoms with van der Waals surface area (Å²) in [5.41, 5.74) is 6.30. The van der Waals surface area contributed by atoms with E-state index in [1.165, 1.54) is 6.20 Å². The number of aromatic nitrogens is 4. The van der Waals surface area contributed by atoms with Crippen molar-refractivity contribution in [1.82, 2.24) is 25.3 Å². The number of amides is 1. The zero-order valence-corrected chi connectivity index (χ0v) is 24.7. The third-order valence-corrected chi connectivity index (χ3v) is 6.87. The minimum atomic E-state index is -1.21. The van der Waals surface area contributed by atoms with Crippen LogP contribution in [-0.4, -0.2) is 54.5 Å². The first-order chi connectivity index (χ1) is 20.3. The predicted molar refractivity (Wildman–Crippen MR) is 161 cm³/mol. The minimum Gasteiger partial charge on any atom is -0.480 e. The molecule has 0 spiro atoms. The molecule has 0 aliphatic carbocycles. The third kappa shape index (κ3) is 10.3. The van der Waals surface area contributed by atoms with Gasteiger partial charge in [-0.1, -0.05) is 33.6 Å². The van der Waals surface area contributed by atoms with Crippen LogP contribution in [0.5, 0.6) is 0 Å². The van der Waals surface area contributed by atoms with Crippen LogP contribution in [0.4, 0.5) is 11.6 Å². The highest BCUT2D eigenvalue weighted by Gasteiger charge is 2.22. The number of benzene rings is 1. The Hall–Kier alpha value is -4.68. The Morgan fingerprint density at radius 3 is 2.30 bits per heavy atom. The first-order valence-corrected chi connectivity index (χ1v) is 14.3. The van der Waals surface area contributed by atoms with Crippen LogP contribution >= 0.6 is 0 Å². The molecule has 6 N–H and O–H groups in total. The van der Waals surface area contributed by atoms with Gasteiger partial charge < -0.3 is 21.5 Å². The van der Waals surface area contributed by atoms with Crippen LogP contribution in [0.1, 0.15) is 88.2 Å². The number of H-pyrrole nitrogens is 1. The van der Waals surface area contributed by atoms with E-state index in [4.69, 9.17) is 5.73 Å². The number of aliphatic carboxylic acids is 1. The monoisotopic (exact) mass is 593 g/mol. The topological polar surface area (TPSA) is 210 Å². The fourth-order valence-corrected chi connectivity index (χ4v) is 4.25. The Bertz CT molecular complexity index is 1510. The number of unbranched alkanes of at least 4 members (excludes halogenated alkanes) is 3. The number of ketones is 2. The van der Waals surface area contributed by atoms with E-state index in [0.717, 1.165) is 19.3 Å². The molecular weight excluding hydrogens is 554 g/mol. The second-order valence-corrected chi connectivity index (χ2v) is 11.4. The molecule has 0 unspecified atom stereocenters. The maximum atomic E-state index is 12.7. The number of aromatic amines is 1. The van der Waals surface area contributed by atoms with Gasteiger partial charge in [0.1, 0.15) is 17.6 Å². The lowest BCUT2D eigenvalue weighted by molar-refractivity contribution is -0.139. The Morgan fingerprint density at radius 1 is 0.977 bits per heavy atom. The second kappa shape index (κ2) is 15.0. The third-order valence-electron chi connectivity index (χ3n) is 6.87. The zero-order valence-electron chi connectivity index (χ0n) is 24.7. The molecule has 0 bridgehead atoms. The van der Waals surface area contributed by atoms with E-state index in [1.807, 2.05) is 20.8 Å². The van der Waals surface area contributed by atoms with E-state index in [9.17, 15) is 29.1 Å². The average molecular weight is 594 g/mol. The molecular formula is C30H39N7O6. The van der Waals surface area contributed by atoms with Crippen molar-refractivity contribution in [3.63, 3.8) is 0 Å². The lowest BCUT2D eigenvalue weighted by Gasteiger charge is -2.16. The number of fused-ring (bicyclic) bond motifs is 1. The first-order valence-electron chi connectivity index (χ1n) is 14.3. The fraction of sp³-hybridized carbons (Fsp3) is 0.467. The SMILES string of the molecule is CC(C)(C)C(=O)CCCCCCC(=O)CC[C@H](NC(=O)c1ccc(NCc2cnc3nc(N)[nH]c(=O)c3n2)cc1)C(=O)O. The van der Waals surface area contributed by atoms with Crippen LogP contribution < -0.4 is 21.9 Å². The van der Waals surface area contributed by atoms with Crippen LogP contribution in [0, 0.1) is 5.41 Å². The Morgan fingerprint density at radius 2 is 1.65 bits per heavy atom. The summed E-state index contributed by atoms with van der Waals surface area (Å²) in [5, 5.41) is 15.2. The number of carbonyl (C=O) groups excluding carboxylic acids is 3. The van der Waals surface area contributed by atoms with Crippen molar-refractivity contribution in [2.24, 2.45) is 5.41 Å². The van der Waals surface area contributed by atoms with Gasteiger partial charge in [-0.05, 0) is 43.5 Å². The molecule has 1 aromatic carbocycles. The van der Waals surface area contributed by atoms with Gasteiger partial charge in [0, 0.05) is 35.9 Å². The number of carbonyl (C=O) groups is 4. The number of anilines is 2. The van der Waals surface area contributed by atoms with Crippen molar-refractivity contribution in [2.45, 2.75) is 84.7 Å². The number of hydrogen-bond acceptors (Lipinski definition) is 10. The van der Waals surface area contributed by atoms with Gasteiger partial charge in [-0.3, -0.25) is 24.2 Å². The van der Waals surface area contributed by atoms with Gasteiger partial charge in [-0.25, -0.2) is 14.8 Å². The molecule has 43 heavy (non-hydrogen) atoms. The maximum Gasteiger partial charge on any atom is 0.326 e. The summed E-state index contributed by atoms with van der Waals surface area (Å²) < 4.78 is 0. The summed E-state index contributed by atoms with van der Waals surface area (Å²) in [4.78, 5) is 75.4. The molecule has 1 atom stereocenters. The number of nitrogens with zero attached hydrogens (tertiary/aromatic N) is 3. The molecule has 13 heteroatoms. The summed E-state index contributed by atoms with van der Waals surface area (Å²) in [6, 6.07) is 5.19. The highest BCUT2D eigenvalue weighted by Crippen LogP contribution is 2.19. The van der Waals surface area contributed by atoms with E-state index in [-0.39, 0.29) is 59.0 Å². The molecule has 0 fully saturated rings. The van der Waals surface area contributed by atoms with Crippen LogP contribution in [0.3, 0.4) is 0 Å². The number of hydrogen-bond donors (Lipinski definition) is 5. The molecule has 2 heterocycles. The van der Waals surface area contributed by atoms with Crippen LogP contribution in [0.15, 0.2) is 35.3 Å². The molecule has 3 rings (SSSR count). The van der Waals surface area contributed by atoms with Gasteiger partial charge in [-0.2, -0.15) is 4.98 Å². The van der Waals surface area contributed by atoms with Crippen LogP contribution in [0.25, 0.3) is 11.2 Å². The quantitative estimate of drug-likeness (QED) is 0.152. The smallest absolute Gasteiger partial charge is 0.326 e. The van der Waals surface area contributed by atoms with E-state index >= 15 is 0 Å². The number of nitrogens with one attached hydrogen (secondary N) is 3. The normalized spacial score (nSPS) is 12.1. The van der Waals surface area contributed by atoms with Crippen molar-refractivity contribution < 1.29 is 24.3 Å². The Kier molecular flexibility index (Phi) is 11.4. The molecule has 0 saturated carbocycles. The first kappa shape index (κ1) is 32.8. The van der Waals surface area contributed by atoms with Crippen molar-refractivity contribution in [1.29, 1.82) is 0 Å². The summed E-state index contributed by atoms with van der Waals surface area (Å²) >= 11 is 0. The number of Topliss-reactive ketones (excluding diaryl/α,β-unsaturated/α-hetero) is 2. The van der Waals surface area contributed by atoms with E-state index < -0.39 is 23.5 Å². The van der Waals surface area contributed by atoms with Gasteiger partial charge >= 0.3 is 5.97 Å². The highest BCUT2D eigenvalue weighted by molar-refractivity contribution is 5.97. The molecule has 3 aromatic rings. The summed E-state index contributed by atoms with van der Waals surface area (Å²) in [5.74, 6) is -1.65. The standard InChI is InChI=1S/C30H39N7O6/c1-30(2,3)23(39)9-7-5-4-6-8-21(38)14-15-22(28(42)43)35-26(40)18-10-12-19(13-11-18)32-16-20-17-33-25-24(34-20)27(41)37-29(31)36-25/h10-13,17,22,32H,4-9,14-16H2,1-3H3,(H,35,40)(H,42,43)(H3,31,33,36,37,41)/t22-/m0/s1. The lowest BCUT2D eigenvalue weighted by Crippen LogP contribution is -2.41. The van der Waals surface area contributed by atoms with Gasteiger partial charge in [0.15, 0.2) is 11.2 Å². The Balaban J connectivity index is 1.42. The van der Waals surface area contributed by atoms with Crippen LogP contribution in [-0.2, 0) is 20.9 Å². The molecule has 0 radical (unpaired) electrons. The van der Waals surface area contributed by atoms with Crippen molar-refractivity contribution >= 4 is 46.2 Å². The molecule has 0 saturated heterocycles. The summed E-state index contributed by atoms with van der Waals surface area (Å²) in [6.07, 6.45) is 5.57. The van der Waals surface area contributed by atoms with Gasteiger partial charge in [0.05, 0.1) is 18.4 Å². The minimum absolute atomic E-state index is 0.00261. The van der Waals surface area contributed by atoms with E-state index in [1.54, 1.807) is 24.3 Å². The number of carboxylic acids is 1. The molecule has 2 aromatic heterocycles. The van der Waals surface area contributed by atoms with Gasteiger partial charge in [0.2, 0.25) is 5.95 Å². The molecule has 0 aliphatic rings. The lowest BCUT2D eigenvalue weighted by atomic mass is 9.88. The van der Waals surface area contributed by atoms with Crippen molar-refractivity contribution in [2.75, 3.05) is 11.1 Å². The van der Waals surface area contributed by atoms with Crippen molar-refractivity contribution in [3.05, 3.63) is 52.1 Å². The molecule has 13 nitrogen and oxygen atoms in total. The van der Waals surface area contributed by atoms with E-state index in [2.05, 4.69) is 30.6 Å². The predicted octanol–water partition coefficient (Wildman–Crippen LogP) is 3.40. The number of carboxylic acid groups (broad SMARTS) is 1. The fourth-order valence-electron chi connectivity index (χ4n) is 4.25. The van der Waals surface area contributed by atoms with Crippen LogP contribution in [0.2, 0.25) is 0 Å². The number of nitrogen functional groups attached to an aromatic ring is 1. The summed E-state index contributed by atoms with van der Waals surface area (Å²) in [6.45, 7) is 5.96. The number of nitrogens with two attached hydrogens (primary N) is 1. The summed E-state index contributed by atoms with van der Waals surface area (Å²) in [7, 11) is 0. The molecule has 230 valence electrons. The Labute approximate surface area is 249 Å². The van der Waals surface area contributed by atoms with Gasteiger partial charge in [0.25, 0.3) is 11.5 Å². The zero-order chi connectivity index (χ0) is 31.6. The highest BCUT2D eigenvalue weighted by atomic mass is 16.4. The number of rotatable bonds is 16. The second-order valence-electron chi connectivity index (χ2n) is 11.4. The van der Waals surface area contributed by atoms with E-state index in [0.29, 0.717) is 30.6 Å². The van der Waals surface area contributed by atoms with Gasteiger partial charge in [-0.15, -0.1) is 0 Å².